The van der Waals surface area contributed by atoms with Crippen molar-refractivity contribution in [2.75, 3.05) is 23.8 Å². The molecule has 4 rings (SSSR count). The third kappa shape index (κ3) is 6.46. The highest BCUT2D eigenvalue weighted by Crippen LogP contribution is 2.40. The summed E-state index contributed by atoms with van der Waals surface area (Å²) in [5.41, 5.74) is -0.694. The molecule has 2 aromatic heterocycles. The summed E-state index contributed by atoms with van der Waals surface area (Å²) in [6, 6.07) is 7.00. The lowest BCUT2D eigenvalue weighted by molar-refractivity contribution is -0.275. The Hall–Kier alpha value is -4.93. The SMILES string of the molecule is CNC(=O)N(c1ccc(S(=O)(=O)Nc2ccon2)cn1)c1cc(F)c(-c2ccc(F)c(OC(F)(F)F)c2)cc1OC. The van der Waals surface area contributed by atoms with Crippen molar-refractivity contribution in [2.45, 2.75) is 11.3 Å². The average Bonchev–Trinajstić information content (AvgIpc) is 3.42. The number of benzene rings is 2. The lowest BCUT2D eigenvalue weighted by Gasteiger charge is -2.24. The van der Waals surface area contributed by atoms with Gasteiger partial charge in [-0.3, -0.25) is 4.72 Å². The molecule has 2 N–H and O–H groups in total. The van der Waals surface area contributed by atoms with Gasteiger partial charge in [-0.15, -0.1) is 13.2 Å². The quantitative estimate of drug-likeness (QED) is 0.264. The van der Waals surface area contributed by atoms with E-state index in [0.29, 0.717) is 12.1 Å². The van der Waals surface area contributed by atoms with Gasteiger partial charge in [-0.25, -0.2) is 31.9 Å². The first-order valence-electron chi connectivity index (χ1n) is 11.2. The Morgan fingerprint density at radius 1 is 1.02 bits per heavy atom. The third-order valence-corrected chi connectivity index (χ3v) is 6.67. The molecular formula is C24H18F5N5O6S. The summed E-state index contributed by atoms with van der Waals surface area (Å²) in [6.45, 7) is 0. The van der Waals surface area contributed by atoms with Gasteiger partial charge in [-0.1, -0.05) is 11.2 Å². The van der Waals surface area contributed by atoms with Gasteiger partial charge < -0.3 is 19.3 Å². The highest BCUT2D eigenvalue weighted by molar-refractivity contribution is 7.92. The molecule has 0 unspecified atom stereocenters. The Morgan fingerprint density at radius 2 is 1.78 bits per heavy atom. The normalized spacial score (nSPS) is 11.6. The summed E-state index contributed by atoms with van der Waals surface area (Å²) in [6.07, 6.45) is -3.10. The number of carbonyl (C=O) groups excluding carboxylic acids is 1. The van der Waals surface area contributed by atoms with E-state index in [0.717, 1.165) is 41.6 Å². The highest BCUT2D eigenvalue weighted by atomic mass is 32.2. The van der Waals surface area contributed by atoms with E-state index < -0.39 is 39.8 Å². The number of urea groups is 1. The number of nitrogens with one attached hydrogen (secondary N) is 2. The number of halogens is 5. The van der Waals surface area contributed by atoms with Gasteiger partial charge in [0.15, 0.2) is 17.4 Å². The lowest BCUT2D eigenvalue weighted by Crippen LogP contribution is -2.35. The number of pyridine rings is 1. The molecule has 0 atom stereocenters. The molecule has 0 spiro atoms. The van der Waals surface area contributed by atoms with Crippen LogP contribution in [0.3, 0.4) is 0 Å². The topological polar surface area (TPSA) is 136 Å². The average molecular weight is 599 g/mol. The molecule has 2 amide bonds. The van der Waals surface area contributed by atoms with Gasteiger partial charge in [0.05, 0.1) is 12.8 Å². The third-order valence-electron chi connectivity index (χ3n) is 5.33. The molecule has 0 saturated carbocycles. The van der Waals surface area contributed by atoms with Crippen molar-refractivity contribution in [3.8, 4) is 22.6 Å². The van der Waals surface area contributed by atoms with E-state index in [1.807, 2.05) is 0 Å². The number of amides is 2. The first-order chi connectivity index (χ1) is 19.3. The molecule has 0 aliphatic heterocycles. The summed E-state index contributed by atoms with van der Waals surface area (Å²) >= 11 is 0. The predicted molar refractivity (Wildman–Crippen MR) is 133 cm³/mol. The van der Waals surface area contributed by atoms with E-state index in [1.54, 1.807) is 0 Å². The fraction of sp³-hybridized carbons (Fsp3) is 0.125. The van der Waals surface area contributed by atoms with E-state index in [-0.39, 0.29) is 39.1 Å². The predicted octanol–water partition coefficient (Wildman–Crippen LogP) is 5.20. The minimum absolute atomic E-state index is 0.0837. The van der Waals surface area contributed by atoms with Gasteiger partial charge in [0, 0.05) is 30.9 Å². The maximum absolute atomic E-state index is 15.4. The molecule has 0 radical (unpaired) electrons. The number of hydrogen-bond acceptors (Lipinski definition) is 8. The molecule has 0 bridgehead atoms. The van der Waals surface area contributed by atoms with Gasteiger partial charge in [-0.05, 0) is 35.9 Å². The second kappa shape index (κ2) is 11.3. The van der Waals surface area contributed by atoms with Crippen LogP contribution in [0.4, 0.5) is 44.1 Å². The number of ether oxygens (including phenoxy) is 2. The lowest BCUT2D eigenvalue weighted by atomic mass is 10.0. The second-order valence-electron chi connectivity index (χ2n) is 7.93. The van der Waals surface area contributed by atoms with E-state index in [2.05, 4.69) is 29.4 Å². The number of anilines is 3. The van der Waals surface area contributed by atoms with Crippen LogP contribution in [-0.2, 0) is 10.0 Å². The molecule has 2 aromatic carbocycles. The Bertz CT molecular complexity index is 1670. The Kier molecular flexibility index (Phi) is 8.00. The van der Waals surface area contributed by atoms with Crippen molar-refractivity contribution in [3.05, 3.63) is 72.6 Å². The molecule has 2 heterocycles. The number of hydrogen-bond donors (Lipinski definition) is 2. The number of nitrogens with zero attached hydrogens (tertiary/aromatic N) is 3. The van der Waals surface area contributed by atoms with Crippen molar-refractivity contribution in [2.24, 2.45) is 0 Å². The minimum Gasteiger partial charge on any atom is -0.495 e. The Morgan fingerprint density at radius 3 is 2.37 bits per heavy atom. The Labute approximate surface area is 228 Å². The highest BCUT2D eigenvalue weighted by Gasteiger charge is 2.33. The molecule has 4 aromatic rings. The molecule has 0 aliphatic rings. The summed E-state index contributed by atoms with van der Waals surface area (Å²) < 4.78 is 108. The van der Waals surface area contributed by atoms with Crippen LogP contribution < -0.4 is 24.4 Å². The van der Waals surface area contributed by atoms with Crippen LogP contribution in [0.15, 0.2) is 70.4 Å². The fourth-order valence-corrected chi connectivity index (χ4v) is 4.49. The summed E-state index contributed by atoms with van der Waals surface area (Å²) in [5.74, 6) is -3.91. The number of sulfonamides is 1. The van der Waals surface area contributed by atoms with Crippen molar-refractivity contribution in [1.29, 1.82) is 0 Å². The smallest absolute Gasteiger partial charge is 0.495 e. The van der Waals surface area contributed by atoms with Gasteiger partial charge in [0.2, 0.25) is 0 Å². The standard InChI is InChI=1S/C24H18F5N5O6S/c1-30-23(35)34(22-6-4-14(12-31-22)41(36,37)33-21-7-8-39-32-21)18-11-17(26)15(10-20(18)38-2)13-3-5-16(25)19(9-13)40-24(27,28)29/h3-12H,1-2H3,(H,30,35)(H,32,33). The van der Waals surface area contributed by atoms with Crippen LogP contribution in [0.1, 0.15) is 0 Å². The van der Waals surface area contributed by atoms with Crippen LogP contribution in [0.5, 0.6) is 11.5 Å². The molecular weight excluding hydrogens is 581 g/mol. The fourth-order valence-electron chi connectivity index (χ4n) is 3.55. The van der Waals surface area contributed by atoms with E-state index in [1.165, 1.54) is 26.3 Å². The van der Waals surface area contributed by atoms with Crippen LogP contribution >= 0.6 is 0 Å². The van der Waals surface area contributed by atoms with Crippen LogP contribution in [0, 0.1) is 11.6 Å². The van der Waals surface area contributed by atoms with Gasteiger partial charge in [0.1, 0.15) is 28.5 Å². The summed E-state index contributed by atoms with van der Waals surface area (Å²) in [5, 5.41) is 5.80. The van der Waals surface area contributed by atoms with Crippen molar-refractivity contribution >= 4 is 33.4 Å². The van der Waals surface area contributed by atoms with Crippen LogP contribution in [0.25, 0.3) is 11.1 Å². The molecule has 41 heavy (non-hydrogen) atoms. The molecule has 0 fully saturated rings. The second-order valence-corrected chi connectivity index (χ2v) is 9.61. The van der Waals surface area contributed by atoms with Gasteiger partial charge >= 0.3 is 12.4 Å². The van der Waals surface area contributed by atoms with Gasteiger partial charge in [-0.2, -0.15) is 0 Å². The number of rotatable bonds is 8. The number of carbonyl (C=O) groups is 1. The number of aromatic nitrogens is 2. The van der Waals surface area contributed by atoms with Crippen molar-refractivity contribution in [1.82, 2.24) is 15.5 Å². The number of methoxy groups -OCH3 is 1. The molecule has 216 valence electrons. The zero-order chi connectivity index (χ0) is 29.9. The van der Waals surface area contributed by atoms with E-state index in [4.69, 9.17) is 4.74 Å². The van der Waals surface area contributed by atoms with Crippen molar-refractivity contribution < 1.29 is 49.2 Å². The zero-order valence-corrected chi connectivity index (χ0v) is 21.7. The van der Waals surface area contributed by atoms with E-state index >= 15 is 4.39 Å². The maximum atomic E-state index is 15.4. The molecule has 0 saturated heterocycles. The molecule has 11 nitrogen and oxygen atoms in total. The first-order valence-corrected chi connectivity index (χ1v) is 12.7. The molecule has 17 heteroatoms. The monoisotopic (exact) mass is 599 g/mol. The summed E-state index contributed by atoms with van der Waals surface area (Å²) in [7, 11) is -1.68. The largest absolute Gasteiger partial charge is 0.573 e. The van der Waals surface area contributed by atoms with Crippen molar-refractivity contribution in [3.63, 3.8) is 0 Å². The summed E-state index contributed by atoms with van der Waals surface area (Å²) in [4.78, 5) is 17.4. The minimum atomic E-state index is -5.19. The van der Waals surface area contributed by atoms with Crippen LogP contribution in [0.2, 0.25) is 0 Å². The number of alkyl halides is 3. The molecule has 0 aliphatic carbocycles. The van der Waals surface area contributed by atoms with Gasteiger partial charge in [0.25, 0.3) is 10.0 Å². The Balaban J connectivity index is 1.74. The maximum Gasteiger partial charge on any atom is 0.573 e. The van der Waals surface area contributed by atoms with Crippen LogP contribution in [-0.4, -0.2) is 45.1 Å². The van der Waals surface area contributed by atoms with E-state index in [9.17, 15) is 30.8 Å². The zero-order valence-electron chi connectivity index (χ0n) is 20.9. The first kappa shape index (κ1) is 29.1.